The highest BCUT2D eigenvalue weighted by molar-refractivity contribution is 5.67. The summed E-state index contributed by atoms with van der Waals surface area (Å²) in [5.74, 6) is 1.05. The lowest BCUT2D eigenvalue weighted by Crippen LogP contribution is -2.02. The molecule has 2 rings (SSSR count). The molecule has 0 radical (unpaired) electrons. The lowest BCUT2D eigenvalue weighted by Gasteiger charge is -2.11. The lowest BCUT2D eigenvalue weighted by atomic mass is 10.1. The van der Waals surface area contributed by atoms with Crippen LogP contribution in [0.3, 0.4) is 0 Å². The summed E-state index contributed by atoms with van der Waals surface area (Å²) in [5, 5.41) is 3.23. The van der Waals surface area contributed by atoms with Crippen LogP contribution in [0.1, 0.15) is 11.1 Å². The molecular formula is C13H16N4. The molecule has 5 N–H and O–H groups in total. The number of rotatable bonds is 2. The van der Waals surface area contributed by atoms with Gasteiger partial charge in [-0.05, 0) is 43.2 Å². The second-order valence-corrected chi connectivity index (χ2v) is 4.04. The normalized spacial score (nSPS) is 10.2. The number of hydrogen-bond donors (Lipinski definition) is 3. The van der Waals surface area contributed by atoms with E-state index >= 15 is 0 Å². The quantitative estimate of drug-likeness (QED) is 0.738. The van der Waals surface area contributed by atoms with Crippen LogP contribution in [-0.4, -0.2) is 4.98 Å². The molecule has 0 unspecified atom stereocenters. The van der Waals surface area contributed by atoms with Crippen molar-refractivity contribution in [3.8, 4) is 0 Å². The van der Waals surface area contributed by atoms with Gasteiger partial charge in [0.2, 0.25) is 0 Å². The van der Waals surface area contributed by atoms with Crippen molar-refractivity contribution >= 4 is 23.0 Å². The molecule has 0 amide bonds. The van der Waals surface area contributed by atoms with Gasteiger partial charge < -0.3 is 16.8 Å². The minimum atomic E-state index is 0.348. The first-order valence-corrected chi connectivity index (χ1v) is 5.43. The molecular weight excluding hydrogens is 212 g/mol. The lowest BCUT2D eigenvalue weighted by molar-refractivity contribution is 1.28. The summed E-state index contributed by atoms with van der Waals surface area (Å²) in [6, 6.07) is 9.65. The van der Waals surface area contributed by atoms with Crippen molar-refractivity contribution in [3.63, 3.8) is 0 Å². The molecule has 4 heteroatoms. The number of anilines is 4. The average Bonchev–Trinajstić information content (AvgIpc) is 2.30. The van der Waals surface area contributed by atoms with E-state index in [0.717, 1.165) is 5.69 Å². The van der Waals surface area contributed by atoms with E-state index in [-0.39, 0.29) is 0 Å². The van der Waals surface area contributed by atoms with Crippen molar-refractivity contribution in [2.45, 2.75) is 13.8 Å². The Balaban J connectivity index is 2.31. The van der Waals surface area contributed by atoms with Gasteiger partial charge in [0.25, 0.3) is 0 Å². The van der Waals surface area contributed by atoms with Crippen molar-refractivity contribution in [1.29, 1.82) is 0 Å². The largest absolute Gasteiger partial charge is 0.396 e. The number of nitrogen functional groups attached to an aromatic ring is 2. The molecule has 88 valence electrons. The fourth-order valence-corrected chi connectivity index (χ4v) is 1.58. The topological polar surface area (TPSA) is 77.0 Å². The molecule has 0 bridgehead atoms. The maximum atomic E-state index is 5.67. The second-order valence-electron chi connectivity index (χ2n) is 4.04. The van der Waals surface area contributed by atoms with Crippen LogP contribution in [0.2, 0.25) is 0 Å². The summed E-state index contributed by atoms with van der Waals surface area (Å²) in [6.07, 6.45) is 0. The van der Waals surface area contributed by atoms with E-state index in [9.17, 15) is 0 Å². The fraction of sp³-hybridized carbons (Fsp3) is 0.154. The third kappa shape index (κ3) is 2.30. The molecule has 1 aromatic carbocycles. The van der Waals surface area contributed by atoms with Gasteiger partial charge in [-0.25, -0.2) is 4.98 Å². The van der Waals surface area contributed by atoms with Crippen LogP contribution >= 0.6 is 0 Å². The van der Waals surface area contributed by atoms with Crippen LogP contribution in [0.25, 0.3) is 0 Å². The van der Waals surface area contributed by atoms with E-state index in [0.29, 0.717) is 17.3 Å². The molecule has 1 aromatic heterocycles. The van der Waals surface area contributed by atoms with Crippen molar-refractivity contribution in [3.05, 3.63) is 41.5 Å². The molecule has 0 aliphatic heterocycles. The third-order valence-corrected chi connectivity index (χ3v) is 2.82. The number of nitrogens with one attached hydrogen (secondary N) is 1. The zero-order valence-electron chi connectivity index (χ0n) is 9.99. The molecule has 4 nitrogen and oxygen atoms in total. The van der Waals surface area contributed by atoms with Gasteiger partial charge >= 0.3 is 0 Å². The van der Waals surface area contributed by atoms with E-state index < -0.39 is 0 Å². The van der Waals surface area contributed by atoms with E-state index in [1.807, 2.05) is 18.2 Å². The van der Waals surface area contributed by atoms with Gasteiger partial charge in [-0.3, -0.25) is 0 Å². The Bertz CT molecular complexity index is 549. The van der Waals surface area contributed by atoms with Crippen LogP contribution in [0.4, 0.5) is 23.0 Å². The van der Waals surface area contributed by atoms with Crippen LogP contribution in [-0.2, 0) is 0 Å². The van der Waals surface area contributed by atoms with Gasteiger partial charge in [0.05, 0.1) is 5.69 Å². The Morgan fingerprint density at radius 3 is 2.53 bits per heavy atom. The molecule has 17 heavy (non-hydrogen) atoms. The van der Waals surface area contributed by atoms with Gasteiger partial charge in [-0.1, -0.05) is 12.1 Å². The number of nitrogens with two attached hydrogens (primary N) is 2. The highest BCUT2D eigenvalue weighted by Crippen LogP contribution is 2.23. The van der Waals surface area contributed by atoms with Crippen LogP contribution in [0.5, 0.6) is 0 Å². The molecule has 1 heterocycles. The molecule has 0 aliphatic carbocycles. The first-order chi connectivity index (χ1) is 8.08. The average molecular weight is 228 g/mol. The Kier molecular flexibility index (Phi) is 2.87. The predicted molar refractivity (Wildman–Crippen MR) is 72.3 cm³/mol. The van der Waals surface area contributed by atoms with E-state index in [1.165, 1.54) is 11.1 Å². The molecule has 0 atom stereocenters. The number of hydrogen-bond acceptors (Lipinski definition) is 4. The minimum absolute atomic E-state index is 0.348. The summed E-state index contributed by atoms with van der Waals surface area (Å²) in [5.41, 5.74) is 15.2. The highest BCUT2D eigenvalue weighted by atomic mass is 15.0. The Hall–Kier alpha value is -2.23. The smallest absolute Gasteiger partial charge is 0.149 e. The fourth-order valence-electron chi connectivity index (χ4n) is 1.58. The third-order valence-electron chi connectivity index (χ3n) is 2.82. The second kappa shape index (κ2) is 4.33. The van der Waals surface area contributed by atoms with Crippen molar-refractivity contribution < 1.29 is 0 Å². The summed E-state index contributed by atoms with van der Waals surface area (Å²) in [6.45, 7) is 4.14. The summed E-state index contributed by atoms with van der Waals surface area (Å²) in [7, 11) is 0. The first-order valence-electron chi connectivity index (χ1n) is 5.43. The zero-order chi connectivity index (χ0) is 12.4. The van der Waals surface area contributed by atoms with Crippen molar-refractivity contribution in [1.82, 2.24) is 4.98 Å². The Morgan fingerprint density at radius 1 is 1.06 bits per heavy atom. The summed E-state index contributed by atoms with van der Waals surface area (Å²) < 4.78 is 0. The van der Waals surface area contributed by atoms with Gasteiger partial charge in [0.1, 0.15) is 11.6 Å². The van der Waals surface area contributed by atoms with Crippen molar-refractivity contribution in [2.24, 2.45) is 0 Å². The molecule has 0 aliphatic rings. The Labute approximate surface area is 101 Å². The standard InChI is InChI=1S/C13H16N4/c1-8-4-3-5-11(9(8)2)16-12-7-6-10(14)13(15)17-12/h3-7H,14H2,1-2H3,(H3,15,16,17). The predicted octanol–water partition coefficient (Wildman–Crippen LogP) is 2.61. The van der Waals surface area contributed by atoms with Crippen LogP contribution in [0.15, 0.2) is 30.3 Å². The van der Waals surface area contributed by atoms with Gasteiger partial charge in [-0.2, -0.15) is 0 Å². The maximum Gasteiger partial charge on any atom is 0.149 e. The SMILES string of the molecule is Cc1cccc(Nc2ccc(N)c(N)n2)c1C. The first kappa shape index (κ1) is 11.3. The number of nitrogens with zero attached hydrogens (tertiary/aromatic N) is 1. The maximum absolute atomic E-state index is 5.67. The zero-order valence-corrected chi connectivity index (χ0v) is 9.99. The number of aromatic nitrogens is 1. The molecule has 2 aromatic rings. The van der Waals surface area contributed by atoms with Crippen LogP contribution in [0, 0.1) is 13.8 Å². The molecule has 0 fully saturated rings. The highest BCUT2D eigenvalue weighted by Gasteiger charge is 2.03. The molecule has 0 saturated carbocycles. The minimum Gasteiger partial charge on any atom is -0.396 e. The number of aryl methyl sites for hydroxylation is 1. The molecule has 0 saturated heterocycles. The summed E-state index contributed by atoms with van der Waals surface area (Å²) >= 11 is 0. The Morgan fingerprint density at radius 2 is 1.82 bits per heavy atom. The van der Waals surface area contributed by atoms with E-state index in [4.69, 9.17) is 11.5 Å². The number of benzene rings is 1. The monoisotopic (exact) mass is 228 g/mol. The van der Waals surface area contributed by atoms with Gasteiger partial charge in [-0.15, -0.1) is 0 Å². The van der Waals surface area contributed by atoms with Crippen molar-refractivity contribution in [2.75, 3.05) is 16.8 Å². The summed E-state index contributed by atoms with van der Waals surface area (Å²) in [4.78, 5) is 4.18. The molecule has 0 spiro atoms. The number of pyridine rings is 1. The van der Waals surface area contributed by atoms with E-state index in [1.54, 1.807) is 6.07 Å². The van der Waals surface area contributed by atoms with Gasteiger partial charge in [0, 0.05) is 5.69 Å². The van der Waals surface area contributed by atoms with Gasteiger partial charge in [0.15, 0.2) is 0 Å². The van der Waals surface area contributed by atoms with E-state index in [2.05, 4.69) is 30.2 Å². The van der Waals surface area contributed by atoms with Crippen LogP contribution < -0.4 is 16.8 Å².